The van der Waals surface area contributed by atoms with E-state index < -0.39 is 5.92 Å². The van der Waals surface area contributed by atoms with Crippen molar-refractivity contribution in [3.63, 3.8) is 0 Å². The first kappa shape index (κ1) is 19.5. The lowest BCUT2D eigenvalue weighted by molar-refractivity contribution is -0.134. The first-order valence-corrected chi connectivity index (χ1v) is 10.6. The van der Waals surface area contributed by atoms with Gasteiger partial charge in [0.25, 0.3) is 0 Å². The largest absolute Gasteiger partial charge is 0.342 e. The molecular formula is C21H24Cl2N4O. The minimum Gasteiger partial charge on any atom is -0.342 e. The summed E-state index contributed by atoms with van der Waals surface area (Å²) in [5, 5.41) is 5.58. The summed E-state index contributed by atoms with van der Waals surface area (Å²) in [4.78, 5) is 20.3. The number of fused-ring (bicyclic) bond motifs is 1. The predicted octanol–water partition coefficient (Wildman–Crippen LogP) is 5.29. The highest BCUT2D eigenvalue weighted by Gasteiger charge is 2.40. The standard InChI is InChI=1S/C21H24Cl2N4O/c1-14-18(21(28)26-10-5-3-2-4-6-11-26)19(15-8-7-9-16(22)12-15)27-20(25-14)17(23)13-24-27/h7-9,12-13,18-19H,2-6,10-11H2,1H3. The summed E-state index contributed by atoms with van der Waals surface area (Å²) in [5.41, 5.74) is 1.71. The van der Waals surface area contributed by atoms with Gasteiger partial charge in [0.2, 0.25) is 5.91 Å². The van der Waals surface area contributed by atoms with Gasteiger partial charge >= 0.3 is 0 Å². The number of nitrogens with zero attached hydrogens (tertiary/aromatic N) is 4. The summed E-state index contributed by atoms with van der Waals surface area (Å²) in [6.07, 6.45) is 7.31. The molecule has 148 valence electrons. The molecule has 4 rings (SSSR count). The Morgan fingerprint density at radius 3 is 2.54 bits per heavy atom. The lowest BCUT2D eigenvalue weighted by Gasteiger charge is -2.35. The molecule has 0 saturated carbocycles. The van der Waals surface area contributed by atoms with Gasteiger partial charge in [-0.3, -0.25) is 4.79 Å². The molecule has 1 fully saturated rings. The van der Waals surface area contributed by atoms with Gasteiger partial charge in [-0.2, -0.15) is 5.10 Å². The van der Waals surface area contributed by atoms with Gasteiger partial charge in [-0.15, -0.1) is 0 Å². The van der Waals surface area contributed by atoms with Crippen molar-refractivity contribution >= 4 is 40.6 Å². The number of likely N-dealkylation sites (tertiary alicyclic amines) is 1. The zero-order valence-electron chi connectivity index (χ0n) is 15.9. The van der Waals surface area contributed by atoms with Gasteiger partial charge < -0.3 is 4.90 Å². The topological polar surface area (TPSA) is 50.5 Å². The molecule has 3 heterocycles. The maximum Gasteiger partial charge on any atom is 0.233 e. The van der Waals surface area contributed by atoms with Crippen LogP contribution in [0.15, 0.2) is 35.5 Å². The Bertz CT molecular complexity index is 900. The summed E-state index contributed by atoms with van der Waals surface area (Å²) < 4.78 is 1.77. The molecule has 2 aliphatic rings. The summed E-state index contributed by atoms with van der Waals surface area (Å²) in [5.74, 6) is 0.299. The van der Waals surface area contributed by atoms with Crippen molar-refractivity contribution in [3.05, 3.63) is 46.1 Å². The predicted molar refractivity (Wildman–Crippen MR) is 113 cm³/mol. The van der Waals surface area contributed by atoms with E-state index in [1.165, 1.54) is 19.3 Å². The Morgan fingerprint density at radius 1 is 1.11 bits per heavy atom. The molecule has 0 aliphatic carbocycles. The van der Waals surface area contributed by atoms with E-state index in [0.717, 1.165) is 37.2 Å². The van der Waals surface area contributed by atoms with E-state index in [-0.39, 0.29) is 11.9 Å². The lowest BCUT2D eigenvalue weighted by atomic mass is 9.86. The molecule has 7 heteroatoms. The Balaban J connectivity index is 1.76. The maximum atomic E-state index is 13.7. The van der Waals surface area contributed by atoms with Gasteiger partial charge in [0.05, 0.1) is 12.2 Å². The Labute approximate surface area is 175 Å². The van der Waals surface area contributed by atoms with Crippen molar-refractivity contribution in [1.29, 1.82) is 0 Å². The van der Waals surface area contributed by atoms with E-state index in [4.69, 9.17) is 23.2 Å². The normalized spacial score (nSPS) is 22.8. The fraction of sp³-hybridized carbons (Fsp3) is 0.476. The minimum atomic E-state index is -0.415. The van der Waals surface area contributed by atoms with Crippen LogP contribution in [0, 0.1) is 5.92 Å². The van der Waals surface area contributed by atoms with Crippen molar-refractivity contribution in [2.24, 2.45) is 10.9 Å². The van der Waals surface area contributed by atoms with Gasteiger partial charge in [0.1, 0.15) is 10.9 Å². The Hall–Kier alpha value is -1.85. The minimum absolute atomic E-state index is 0.116. The van der Waals surface area contributed by atoms with Crippen LogP contribution in [-0.4, -0.2) is 39.4 Å². The molecule has 1 aromatic carbocycles. The van der Waals surface area contributed by atoms with Crippen molar-refractivity contribution in [2.45, 2.75) is 45.1 Å². The molecule has 1 amide bonds. The van der Waals surface area contributed by atoms with Gasteiger partial charge in [0, 0.05) is 23.8 Å². The number of benzene rings is 1. The molecule has 1 aromatic heterocycles. The fourth-order valence-corrected chi connectivity index (χ4v) is 4.62. The fourth-order valence-electron chi connectivity index (χ4n) is 4.25. The van der Waals surface area contributed by atoms with Crippen LogP contribution in [0.25, 0.3) is 0 Å². The molecule has 0 radical (unpaired) electrons. The number of hydrogen-bond donors (Lipinski definition) is 0. The molecule has 0 bridgehead atoms. The van der Waals surface area contributed by atoms with E-state index in [2.05, 4.69) is 10.1 Å². The van der Waals surface area contributed by atoms with Crippen LogP contribution in [0.1, 0.15) is 50.6 Å². The van der Waals surface area contributed by atoms with Crippen LogP contribution < -0.4 is 0 Å². The number of hydrogen-bond acceptors (Lipinski definition) is 3. The second-order valence-corrected chi connectivity index (χ2v) is 8.43. The highest BCUT2D eigenvalue weighted by Crippen LogP contribution is 2.40. The van der Waals surface area contributed by atoms with Crippen molar-refractivity contribution in [2.75, 3.05) is 13.1 Å². The van der Waals surface area contributed by atoms with Gasteiger partial charge in [0.15, 0.2) is 5.82 Å². The van der Waals surface area contributed by atoms with Gasteiger partial charge in [-0.1, -0.05) is 54.6 Å². The van der Waals surface area contributed by atoms with Crippen molar-refractivity contribution in [1.82, 2.24) is 14.7 Å². The summed E-state index contributed by atoms with van der Waals surface area (Å²) >= 11 is 12.6. The number of aliphatic imine (C=N–C) groups is 1. The Morgan fingerprint density at radius 2 is 1.82 bits per heavy atom. The van der Waals surface area contributed by atoms with Gasteiger partial charge in [-0.25, -0.2) is 9.67 Å². The quantitative estimate of drug-likeness (QED) is 0.664. The monoisotopic (exact) mass is 418 g/mol. The third-order valence-corrected chi connectivity index (χ3v) is 6.16. The third kappa shape index (κ3) is 3.70. The van der Waals surface area contributed by atoms with E-state index in [0.29, 0.717) is 15.9 Å². The second kappa shape index (κ2) is 8.26. The number of carbonyl (C=O) groups excluding carboxylic acids is 1. The zero-order valence-corrected chi connectivity index (χ0v) is 17.5. The molecule has 2 atom stereocenters. The van der Waals surface area contributed by atoms with Crippen LogP contribution in [0.2, 0.25) is 10.0 Å². The average Bonchev–Trinajstić information content (AvgIpc) is 3.00. The molecule has 2 unspecified atom stereocenters. The van der Waals surface area contributed by atoms with Crippen molar-refractivity contribution in [3.8, 4) is 0 Å². The molecule has 2 aromatic rings. The zero-order chi connectivity index (χ0) is 19.7. The summed E-state index contributed by atoms with van der Waals surface area (Å²) in [6, 6.07) is 7.32. The number of aromatic nitrogens is 2. The van der Waals surface area contributed by atoms with E-state index in [1.54, 1.807) is 10.9 Å². The smallest absolute Gasteiger partial charge is 0.233 e. The molecule has 5 nitrogen and oxygen atoms in total. The number of rotatable bonds is 2. The lowest BCUT2D eigenvalue weighted by Crippen LogP contribution is -2.45. The van der Waals surface area contributed by atoms with E-state index in [1.807, 2.05) is 36.1 Å². The second-order valence-electron chi connectivity index (χ2n) is 7.58. The molecule has 0 N–H and O–H groups in total. The van der Waals surface area contributed by atoms with Crippen LogP contribution >= 0.6 is 23.2 Å². The third-order valence-electron chi connectivity index (χ3n) is 5.66. The Kier molecular flexibility index (Phi) is 5.74. The summed E-state index contributed by atoms with van der Waals surface area (Å²) in [6.45, 7) is 3.52. The maximum absolute atomic E-state index is 13.7. The summed E-state index contributed by atoms with van der Waals surface area (Å²) in [7, 11) is 0. The SMILES string of the molecule is CC1=Nc2c(Cl)cnn2C(c2cccc(Cl)c2)C1C(=O)N1CCCCCCC1. The van der Waals surface area contributed by atoms with Crippen molar-refractivity contribution < 1.29 is 4.79 Å². The molecule has 28 heavy (non-hydrogen) atoms. The highest BCUT2D eigenvalue weighted by molar-refractivity contribution is 6.33. The number of halogens is 2. The van der Waals surface area contributed by atoms with E-state index in [9.17, 15) is 4.79 Å². The number of amides is 1. The molecule has 0 spiro atoms. The van der Waals surface area contributed by atoms with E-state index >= 15 is 0 Å². The molecule has 1 saturated heterocycles. The molecule has 2 aliphatic heterocycles. The first-order valence-electron chi connectivity index (χ1n) is 9.88. The number of carbonyl (C=O) groups is 1. The van der Waals surface area contributed by atoms with Gasteiger partial charge in [-0.05, 0) is 37.5 Å². The van der Waals surface area contributed by atoms with Crippen LogP contribution in [0.4, 0.5) is 5.82 Å². The van der Waals surface area contributed by atoms with Crippen LogP contribution in [0.3, 0.4) is 0 Å². The average molecular weight is 419 g/mol. The highest BCUT2D eigenvalue weighted by atomic mass is 35.5. The van der Waals surface area contributed by atoms with Crippen LogP contribution in [-0.2, 0) is 4.79 Å². The van der Waals surface area contributed by atoms with Crippen LogP contribution in [0.5, 0.6) is 0 Å². The first-order chi connectivity index (χ1) is 13.6. The molecular weight excluding hydrogens is 395 g/mol.